The number of amides is 1. The fourth-order valence-corrected chi connectivity index (χ4v) is 4.80. The highest BCUT2D eigenvalue weighted by molar-refractivity contribution is 6.06. The number of carbonyl (C=O) groups excluding carboxylic acids is 1. The fourth-order valence-electron chi connectivity index (χ4n) is 4.80. The number of pyridine rings is 1. The first kappa shape index (κ1) is 26.6. The van der Waals surface area contributed by atoms with Crippen LogP contribution in [0.3, 0.4) is 0 Å². The molecule has 0 bridgehead atoms. The molecule has 0 radical (unpaired) electrons. The average Bonchev–Trinajstić information content (AvgIpc) is 2.83. The second-order valence-electron chi connectivity index (χ2n) is 9.46. The quantitative estimate of drug-likeness (QED) is 0.367. The van der Waals surface area contributed by atoms with Crippen LogP contribution in [0.1, 0.15) is 54.1 Å². The number of benzene rings is 2. The van der Waals surface area contributed by atoms with Crippen molar-refractivity contribution in [1.82, 2.24) is 4.98 Å². The van der Waals surface area contributed by atoms with Crippen molar-refractivity contribution in [2.24, 2.45) is 5.92 Å². The summed E-state index contributed by atoms with van der Waals surface area (Å²) in [5.74, 6) is -0.688. The lowest BCUT2D eigenvalue weighted by Gasteiger charge is -2.35. The first-order valence-corrected chi connectivity index (χ1v) is 11.7. The SMILES string of the molecule is CC1CCC(N(C)c2ccc(NC(=O)c3c[nH]c4cccc(C(F)(F)F)c4c3=O)c(C(F)(F)F)c2)CC1. The average molecular weight is 525 g/mol. The number of halogens is 6. The van der Waals surface area contributed by atoms with E-state index in [9.17, 15) is 35.9 Å². The lowest BCUT2D eigenvalue weighted by Crippen LogP contribution is -2.35. The summed E-state index contributed by atoms with van der Waals surface area (Å²) in [6.45, 7) is 2.14. The third-order valence-electron chi connectivity index (χ3n) is 6.96. The zero-order valence-corrected chi connectivity index (χ0v) is 20.1. The van der Waals surface area contributed by atoms with E-state index in [1.165, 1.54) is 12.1 Å². The highest BCUT2D eigenvalue weighted by atomic mass is 19.4. The van der Waals surface area contributed by atoms with Crippen molar-refractivity contribution < 1.29 is 31.1 Å². The third-order valence-corrected chi connectivity index (χ3v) is 6.96. The molecule has 0 saturated heterocycles. The molecule has 5 nitrogen and oxygen atoms in total. The summed E-state index contributed by atoms with van der Waals surface area (Å²) < 4.78 is 82.1. The number of hydrogen-bond donors (Lipinski definition) is 2. The number of nitrogens with zero attached hydrogens (tertiary/aromatic N) is 1. The first-order valence-electron chi connectivity index (χ1n) is 11.7. The Balaban J connectivity index is 1.68. The van der Waals surface area contributed by atoms with Gasteiger partial charge in [0, 0.05) is 30.5 Å². The minimum Gasteiger partial charge on any atom is -0.372 e. The van der Waals surface area contributed by atoms with Gasteiger partial charge in [-0.05, 0) is 61.9 Å². The highest BCUT2D eigenvalue weighted by Crippen LogP contribution is 2.39. The number of H-pyrrole nitrogens is 1. The normalized spacial score (nSPS) is 18.6. The Hall–Kier alpha value is -3.50. The Morgan fingerprint density at radius 3 is 2.24 bits per heavy atom. The van der Waals surface area contributed by atoms with Gasteiger partial charge >= 0.3 is 12.4 Å². The number of aromatic nitrogens is 1. The van der Waals surface area contributed by atoms with Crippen LogP contribution in [-0.2, 0) is 12.4 Å². The van der Waals surface area contributed by atoms with Gasteiger partial charge in [0.15, 0.2) is 0 Å². The summed E-state index contributed by atoms with van der Waals surface area (Å²) in [5.41, 5.74) is -4.79. The molecule has 1 saturated carbocycles. The molecule has 1 heterocycles. The van der Waals surface area contributed by atoms with Gasteiger partial charge in [0.25, 0.3) is 5.91 Å². The van der Waals surface area contributed by atoms with Gasteiger partial charge in [-0.25, -0.2) is 0 Å². The minimum absolute atomic E-state index is 0.0803. The molecule has 37 heavy (non-hydrogen) atoms. The molecule has 0 atom stereocenters. The van der Waals surface area contributed by atoms with Crippen LogP contribution in [0, 0.1) is 5.92 Å². The molecule has 2 aromatic carbocycles. The van der Waals surface area contributed by atoms with Crippen LogP contribution in [0.5, 0.6) is 0 Å². The van der Waals surface area contributed by atoms with Gasteiger partial charge < -0.3 is 15.2 Å². The molecule has 0 unspecified atom stereocenters. The van der Waals surface area contributed by atoms with Crippen molar-refractivity contribution in [2.75, 3.05) is 17.3 Å². The van der Waals surface area contributed by atoms with E-state index in [-0.39, 0.29) is 11.6 Å². The number of rotatable bonds is 4. The van der Waals surface area contributed by atoms with E-state index < -0.39 is 51.5 Å². The lowest BCUT2D eigenvalue weighted by atomic mass is 9.86. The van der Waals surface area contributed by atoms with Crippen LogP contribution >= 0.6 is 0 Å². The number of nitrogens with one attached hydrogen (secondary N) is 2. The number of alkyl halides is 6. The van der Waals surface area contributed by atoms with Gasteiger partial charge in [-0.1, -0.05) is 13.0 Å². The van der Waals surface area contributed by atoms with E-state index in [0.717, 1.165) is 50.1 Å². The van der Waals surface area contributed by atoms with Crippen LogP contribution in [0.4, 0.5) is 37.7 Å². The molecule has 0 spiro atoms. The summed E-state index contributed by atoms with van der Waals surface area (Å²) >= 11 is 0. The van der Waals surface area contributed by atoms with Gasteiger partial charge in [0.2, 0.25) is 5.43 Å². The fraction of sp³-hybridized carbons (Fsp3) is 0.385. The summed E-state index contributed by atoms with van der Waals surface area (Å²) in [6, 6.07) is 6.57. The smallest absolute Gasteiger partial charge is 0.372 e. The standard InChI is InChI=1S/C26H25F6N3O2/c1-14-6-8-15(9-7-14)35(2)16-10-11-20(19(12-16)26(30,31)32)34-24(37)17-13-33-21-5-3-4-18(25(27,28)29)22(21)23(17)36/h3-5,10-15H,6-9H2,1-2H3,(H,33,36)(H,34,37). The molecule has 0 aliphatic heterocycles. The molecule has 1 aromatic heterocycles. The number of hydrogen-bond acceptors (Lipinski definition) is 3. The van der Waals surface area contributed by atoms with Gasteiger partial charge in [0.05, 0.1) is 22.2 Å². The molecule has 2 N–H and O–H groups in total. The van der Waals surface area contributed by atoms with E-state index in [1.54, 1.807) is 11.9 Å². The van der Waals surface area contributed by atoms with Gasteiger partial charge in [-0.3, -0.25) is 9.59 Å². The van der Waals surface area contributed by atoms with Crippen LogP contribution in [0.15, 0.2) is 47.4 Å². The maximum atomic E-state index is 13.9. The Bertz CT molecular complexity index is 1370. The number of fused-ring (bicyclic) bond motifs is 1. The Morgan fingerprint density at radius 2 is 1.62 bits per heavy atom. The number of aromatic amines is 1. The molecule has 1 aliphatic rings. The maximum absolute atomic E-state index is 13.9. The van der Waals surface area contributed by atoms with Gasteiger partial charge in [0.1, 0.15) is 5.56 Å². The van der Waals surface area contributed by atoms with E-state index in [4.69, 9.17) is 0 Å². The zero-order valence-electron chi connectivity index (χ0n) is 20.1. The zero-order chi connectivity index (χ0) is 27.1. The molecule has 11 heteroatoms. The first-order chi connectivity index (χ1) is 17.3. The maximum Gasteiger partial charge on any atom is 0.418 e. The van der Waals surface area contributed by atoms with E-state index >= 15 is 0 Å². The van der Waals surface area contributed by atoms with Crippen molar-refractivity contribution in [1.29, 1.82) is 0 Å². The Labute approximate surface area is 208 Å². The topological polar surface area (TPSA) is 65.2 Å². The van der Waals surface area contributed by atoms with E-state index in [1.807, 2.05) is 0 Å². The van der Waals surface area contributed by atoms with Crippen LogP contribution in [0.2, 0.25) is 0 Å². The molecule has 3 aromatic rings. The van der Waals surface area contributed by atoms with E-state index in [0.29, 0.717) is 17.7 Å². The predicted octanol–water partition coefficient (Wildman–Crippen LogP) is 6.83. The molecular formula is C26H25F6N3O2. The lowest BCUT2D eigenvalue weighted by molar-refractivity contribution is -0.137. The summed E-state index contributed by atoms with van der Waals surface area (Å²) in [4.78, 5) is 29.9. The van der Waals surface area contributed by atoms with Crippen molar-refractivity contribution in [3.8, 4) is 0 Å². The molecule has 4 rings (SSSR count). The van der Waals surface area contributed by atoms with Crippen LogP contribution < -0.4 is 15.6 Å². The van der Waals surface area contributed by atoms with Crippen LogP contribution in [-0.4, -0.2) is 24.0 Å². The van der Waals surface area contributed by atoms with Gasteiger partial charge in [-0.2, -0.15) is 26.3 Å². The van der Waals surface area contributed by atoms with Crippen molar-refractivity contribution in [2.45, 2.75) is 51.0 Å². The third kappa shape index (κ3) is 5.45. The van der Waals surface area contributed by atoms with Crippen LogP contribution in [0.25, 0.3) is 10.9 Å². The Kier molecular flexibility index (Phi) is 7.00. The summed E-state index contributed by atoms with van der Waals surface area (Å²) in [7, 11) is 1.72. The molecule has 1 amide bonds. The second kappa shape index (κ2) is 9.75. The second-order valence-corrected chi connectivity index (χ2v) is 9.46. The van der Waals surface area contributed by atoms with Crippen molar-refractivity contribution >= 4 is 28.2 Å². The highest BCUT2D eigenvalue weighted by Gasteiger charge is 2.36. The predicted molar refractivity (Wildman–Crippen MR) is 129 cm³/mol. The molecular weight excluding hydrogens is 500 g/mol. The largest absolute Gasteiger partial charge is 0.418 e. The minimum atomic E-state index is -4.87. The van der Waals surface area contributed by atoms with E-state index in [2.05, 4.69) is 17.2 Å². The summed E-state index contributed by atoms with van der Waals surface area (Å²) in [6.07, 6.45) is -5.16. The molecule has 198 valence electrons. The van der Waals surface area contributed by atoms with Gasteiger partial charge in [-0.15, -0.1) is 0 Å². The molecule has 1 aliphatic carbocycles. The molecule has 1 fully saturated rings. The van der Waals surface area contributed by atoms with Crippen molar-refractivity contribution in [3.63, 3.8) is 0 Å². The monoisotopic (exact) mass is 525 g/mol. The van der Waals surface area contributed by atoms with Crippen molar-refractivity contribution in [3.05, 3.63) is 69.5 Å². The Morgan fingerprint density at radius 1 is 0.973 bits per heavy atom. The summed E-state index contributed by atoms with van der Waals surface area (Å²) in [5, 5.41) is 1.30. The number of anilines is 2. The number of carbonyl (C=O) groups is 1.